The fraction of sp³-hybridized carbons (Fsp3) is 0.308. The maximum atomic E-state index is 5.61. The van der Waals surface area contributed by atoms with E-state index in [1.54, 1.807) is 7.11 Å². The van der Waals surface area contributed by atoms with Crippen LogP contribution in [-0.4, -0.2) is 27.6 Å². The molecule has 0 amide bonds. The number of rotatable bonds is 3. The summed E-state index contributed by atoms with van der Waals surface area (Å²) in [7, 11) is 3.68. The third-order valence-electron chi connectivity index (χ3n) is 3.29. The molecule has 0 radical (unpaired) electrons. The Kier molecular flexibility index (Phi) is 2.48. The normalized spacial score (nSPS) is 11.5. The van der Waals surface area contributed by atoms with Crippen molar-refractivity contribution in [3.63, 3.8) is 0 Å². The van der Waals surface area contributed by atoms with E-state index in [1.807, 2.05) is 25.2 Å². The van der Waals surface area contributed by atoms with Gasteiger partial charge in [-0.15, -0.1) is 0 Å². The maximum absolute atomic E-state index is 5.61. The van der Waals surface area contributed by atoms with Crippen LogP contribution >= 0.6 is 0 Å². The largest absolute Gasteiger partial charge is 0.497 e. The van der Waals surface area contributed by atoms with Gasteiger partial charge in [0.15, 0.2) is 0 Å². The van der Waals surface area contributed by atoms with Crippen LogP contribution in [0.3, 0.4) is 0 Å². The highest BCUT2D eigenvalue weighted by Gasteiger charge is 2.11. The standard InChI is InChI=1S/C13H16N4O/c1-16-9(5-6-14)8-17-12-4-3-10(18-2)7-11(12)15-13(16)17/h3-4,7-8H,5-6,14H2,1-2H3. The van der Waals surface area contributed by atoms with E-state index in [0.29, 0.717) is 6.54 Å². The minimum Gasteiger partial charge on any atom is -0.497 e. The summed E-state index contributed by atoms with van der Waals surface area (Å²) in [6.07, 6.45) is 2.96. The molecule has 0 bridgehead atoms. The van der Waals surface area contributed by atoms with Crippen LogP contribution in [0.5, 0.6) is 5.75 Å². The fourth-order valence-electron chi connectivity index (χ4n) is 2.30. The van der Waals surface area contributed by atoms with Crippen molar-refractivity contribution >= 4 is 16.8 Å². The van der Waals surface area contributed by atoms with Gasteiger partial charge >= 0.3 is 0 Å². The molecule has 3 rings (SSSR count). The Morgan fingerprint density at radius 1 is 1.39 bits per heavy atom. The van der Waals surface area contributed by atoms with Crippen LogP contribution in [0.25, 0.3) is 16.8 Å². The van der Waals surface area contributed by atoms with Crippen molar-refractivity contribution in [2.75, 3.05) is 13.7 Å². The Hall–Kier alpha value is -2.01. The summed E-state index contributed by atoms with van der Waals surface area (Å²) in [4.78, 5) is 4.63. The third-order valence-corrected chi connectivity index (χ3v) is 3.29. The second-order valence-electron chi connectivity index (χ2n) is 4.35. The number of aryl methyl sites for hydroxylation is 1. The molecule has 0 saturated carbocycles. The lowest BCUT2D eigenvalue weighted by molar-refractivity contribution is 0.415. The molecule has 5 heteroatoms. The van der Waals surface area contributed by atoms with Crippen LogP contribution in [0.1, 0.15) is 5.69 Å². The predicted molar refractivity (Wildman–Crippen MR) is 71.0 cm³/mol. The molecule has 2 N–H and O–H groups in total. The zero-order valence-electron chi connectivity index (χ0n) is 10.6. The van der Waals surface area contributed by atoms with E-state index in [1.165, 1.54) is 5.69 Å². The predicted octanol–water partition coefficient (Wildman–Crippen LogP) is 1.34. The summed E-state index contributed by atoms with van der Waals surface area (Å²) >= 11 is 0. The molecule has 0 spiro atoms. The number of nitrogens with zero attached hydrogens (tertiary/aromatic N) is 3. The molecule has 0 fully saturated rings. The number of hydrogen-bond acceptors (Lipinski definition) is 3. The lowest BCUT2D eigenvalue weighted by atomic mass is 10.3. The molecule has 0 saturated heterocycles. The van der Waals surface area contributed by atoms with E-state index in [-0.39, 0.29) is 0 Å². The summed E-state index contributed by atoms with van der Waals surface area (Å²) in [5.74, 6) is 1.76. The van der Waals surface area contributed by atoms with Crippen LogP contribution in [0, 0.1) is 0 Å². The second-order valence-corrected chi connectivity index (χ2v) is 4.35. The van der Waals surface area contributed by atoms with Gasteiger partial charge in [0.1, 0.15) is 5.75 Å². The number of methoxy groups -OCH3 is 1. The summed E-state index contributed by atoms with van der Waals surface area (Å²) in [6, 6.07) is 5.93. The molecule has 94 valence electrons. The van der Waals surface area contributed by atoms with Crippen molar-refractivity contribution in [1.82, 2.24) is 14.0 Å². The van der Waals surface area contributed by atoms with Gasteiger partial charge in [-0.1, -0.05) is 0 Å². The molecule has 0 aliphatic rings. The summed E-state index contributed by atoms with van der Waals surface area (Å²) in [5, 5.41) is 0. The molecule has 0 aliphatic carbocycles. The van der Waals surface area contributed by atoms with E-state index >= 15 is 0 Å². The maximum Gasteiger partial charge on any atom is 0.214 e. The Morgan fingerprint density at radius 3 is 2.94 bits per heavy atom. The Labute approximate surface area is 105 Å². The number of hydrogen-bond donors (Lipinski definition) is 1. The van der Waals surface area contributed by atoms with Crippen molar-refractivity contribution in [1.29, 1.82) is 0 Å². The van der Waals surface area contributed by atoms with E-state index < -0.39 is 0 Å². The Morgan fingerprint density at radius 2 is 2.22 bits per heavy atom. The Balaban J connectivity index is 2.26. The number of imidazole rings is 2. The highest BCUT2D eigenvalue weighted by Crippen LogP contribution is 2.23. The van der Waals surface area contributed by atoms with Gasteiger partial charge in [0.25, 0.3) is 0 Å². The average Bonchev–Trinajstić information content (AvgIpc) is 2.88. The quantitative estimate of drug-likeness (QED) is 0.756. The molecular weight excluding hydrogens is 228 g/mol. The average molecular weight is 244 g/mol. The second kappa shape index (κ2) is 4.03. The molecule has 1 aromatic carbocycles. The van der Waals surface area contributed by atoms with Crippen molar-refractivity contribution in [2.24, 2.45) is 12.8 Å². The monoisotopic (exact) mass is 244 g/mol. The van der Waals surface area contributed by atoms with Crippen LogP contribution < -0.4 is 10.5 Å². The number of nitrogens with two attached hydrogens (primary N) is 1. The lowest BCUT2D eigenvalue weighted by Crippen LogP contribution is -2.06. The molecular formula is C13H16N4O. The first-order valence-corrected chi connectivity index (χ1v) is 5.95. The van der Waals surface area contributed by atoms with Crippen molar-refractivity contribution in [3.05, 3.63) is 30.1 Å². The number of fused-ring (bicyclic) bond motifs is 3. The molecule has 18 heavy (non-hydrogen) atoms. The molecule has 3 aromatic rings. The molecule has 0 atom stereocenters. The lowest BCUT2D eigenvalue weighted by Gasteiger charge is -1.99. The van der Waals surface area contributed by atoms with Gasteiger partial charge in [-0.2, -0.15) is 0 Å². The van der Waals surface area contributed by atoms with E-state index in [4.69, 9.17) is 10.5 Å². The number of aromatic nitrogens is 3. The molecule has 5 nitrogen and oxygen atoms in total. The van der Waals surface area contributed by atoms with Gasteiger partial charge in [0.05, 0.1) is 18.1 Å². The van der Waals surface area contributed by atoms with Crippen molar-refractivity contribution < 1.29 is 4.74 Å². The first kappa shape index (κ1) is 11.1. The zero-order chi connectivity index (χ0) is 12.7. The minimum absolute atomic E-state index is 0.646. The number of benzene rings is 1. The van der Waals surface area contributed by atoms with Crippen LogP contribution in [0.4, 0.5) is 0 Å². The third kappa shape index (κ3) is 1.48. The Bertz CT molecular complexity index is 710. The van der Waals surface area contributed by atoms with Crippen molar-refractivity contribution in [2.45, 2.75) is 6.42 Å². The van der Waals surface area contributed by atoms with Gasteiger partial charge < -0.3 is 15.0 Å². The van der Waals surface area contributed by atoms with Gasteiger partial charge in [-0.05, 0) is 18.7 Å². The van der Waals surface area contributed by atoms with E-state index in [0.717, 1.165) is 29.0 Å². The van der Waals surface area contributed by atoms with Gasteiger partial charge in [-0.25, -0.2) is 4.98 Å². The van der Waals surface area contributed by atoms with Gasteiger partial charge in [0.2, 0.25) is 5.78 Å². The summed E-state index contributed by atoms with van der Waals surface area (Å²) in [6.45, 7) is 0.646. The van der Waals surface area contributed by atoms with Crippen LogP contribution in [-0.2, 0) is 13.5 Å². The topological polar surface area (TPSA) is 57.5 Å². The first-order valence-electron chi connectivity index (χ1n) is 5.95. The fourth-order valence-corrected chi connectivity index (χ4v) is 2.30. The molecule has 0 unspecified atom stereocenters. The van der Waals surface area contributed by atoms with Crippen molar-refractivity contribution in [3.8, 4) is 5.75 Å². The summed E-state index contributed by atoms with van der Waals surface area (Å²) in [5.41, 5.74) is 8.83. The first-order chi connectivity index (χ1) is 8.74. The smallest absolute Gasteiger partial charge is 0.214 e. The SMILES string of the molecule is COc1ccc2c(c1)nc1n(C)c(CCN)cn21. The van der Waals surface area contributed by atoms with E-state index in [2.05, 4.69) is 20.1 Å². The highest BCUT2D eigenvalue weighted by molar-refractivity contribution is 5.81. The molecule has 2 heterocycles. The van der Waals surface area contributed by atoms with Crippen LogP contribution in [0.15, 0.2) is 24.4 Å². The van der Waals surface area contributed by atoms with Gasteiger partial charge in [0, 0.05) is 31.4 Å². The summed E-state index contributed by atoms with van der Waals surface area (Å²) < 4.78 is 9.39. The van der Waals surface area contributed by atoms with E-state index in [9.17, 15) is 0 Å². The molecule has 0 aliphatic heterocycles. The highest BCUT2D eigenvalue weighted by atomic mass is 16.5. The zero-order valence-corrected chi connectivity index (χ0v) is 10.6. The van der Waals surface area contributed by atoms with Gasteiger partial charge in [-0.3, -0.25) is 4.40 Å². The number of ether oxygens (including phenoxy) is 1. The van der Waals surface area contributed by atoms with Crippen LogP contribution in [0.2, 0.25) is 0 Å². The molecule has 2 aromatic heterocycles. The minimum atomic E-state index is 0.646.